The normalized spacial score (nSPS) is 9.82. The number of hydrogen-bond donors (Lipinski definition) is 1. The lowest BCUT2D eigenvalue weighted by atomic mass is 10.2. The topological polar surface area (TPSA) is 64.0 Å². The quantitative estimate of drug-likeness (QED) is 0.734. The minimum Gasteiger partial charge on any atom is -0.502 e. The summed E-state index contributed by atoms with van der Waals surface area (Å²) in [5.74, 6) is 1.66. The summed E-state index contributed by atoms with van der Waals surface area (Å²) in [5, 5.41) is 2.10. The molecule has 1 aromatic carbocycles. The molecule has 0 atom stereocenters. The summed E-state index contributed by atoms with van der Waals surface area (Å²) in [6.07, 6.45) is 0. The highest BCUT2D eigenvalue weighted by atomic mass is 16.5. The Bertz CT molecular complexity index is 353. The van der Waals surface area contributed by atoms with Crippen molar-refractivity contribution in [2.45, 2.75) is 20.8 Å². The maximum Gasteiger partial charge on any atom is 0.277 e. The van der Waals surface area contributed by atoms with Crippen molar-refractivity contribution in [3.8, 4) is 17.2 Å². The highest BCUT2D eigenvalue weighted by Crippen LogP contribution is 2.35. The molecule has 0 fully saturated rings. The van der Waals surface area contributed by atoms with Crippen molar-refractivity contribution < 1.29 is 19.3 Å². The van der Waals surface area contributed by atoms with Crippen LogP contribution < -0.4 is 19.3 Å². The van der Waals surface area contributed by atoms with Gasteiger partial charge in [-0.05, 0) is 20.8 Å². The van der Waals surface area contributed by atoms with Crippen LogP contribution >= 0.6 is 0 Å². The number of nitrogens with one attached hydrogen (secondary N) is 1. The molecule has 0 saturated carbocycles. The largest absolute Gasteiger partial charge is 0.502 e. The minimum absolute atomic E-state index is 0.414. The van der Waals surface area contributed by atoms with Crippen LogP contribution in [0.25, 0.3) is 5.53 Å². The zero-order chi connectivity index (χ0) is 12.7. The third-order valence-corrected chi connectivity index (χ3v) is 2.06. The molecule has 0 aromatic heterocycles. The first-order valence-corrected chi connectivity index (χ1v) is 5.73. The molecule has 0 radical (unpaired) electrons. The number of ether oxygens (including phenoxy) is 3. The molecule has 17 heavy (non-hydrogen) atoms. The summed E-state index contributed by atoms with van der Waals surface area (Å²) in [4.78, 5) is 0. The molecule has 0 saturated heterocycles. The fraction of sp³-hybridized carbons (Fsp3) is 0.500. The van der Waals surface area contributed by atoms with Crippen LogP contribution in [0.2, 0.25) is 0 Å². The maximum atomic E-state index is 9.12. The van der Waals surface area contributed by atoms with Crippen LogP contribution in [-0.4, -0.2) is 19.8 Å². The fourth-order valence-corrected chi connectivity index (χ4v) is 1.46. The van der Waals surface area contributed by atoms with Crippen LogP contribution in [0.5, 0.6) is 17.2 Å². The van der Waals surface area contributed by atoms with Crippen molar-refractivity contribution in [3.63, 3.8) is 0 Å². The van der Waals surface area contributed by atoms with Gasteiger partial charge in [-0.15, -0.1) is 0 Å². The van der Waals surface area contributed by atoms with Crippen LogP contribution in [0.15, 0.2) is 12.1 Å². The molecule has 1 N–H and O–H groups in total. The molecule has 0 aliphatic heterocycles. The molecule has 1 rings (SSSR count). The summed E-state index contributed by atoms with van der Waals surface area (Å²) in [5.41, 5.74) is 9.54. The summed E-state index contributed by atoms with van der Waals surface area (Å²) in [6.45, 7) is 7.19. The first kappa shape index (κ1) is 13.3. The lowest BCUT2D eigenvalue weighted by Gasteiger charge is -2.12. The molecule has 0 heterocycles. The van der Waals surface area contributed by atoms with Gasteiger partial charge in [0.05, 0.1) is 19.8 Å². The molecule has 0 aliphatic rings. The van der Waals surface area contributed by atoms with Gasteiger partial charge in [0.1, 0.15) is 5.75 Å². The van der Waals surface area contributed by atoms with Gasteiger partial charge < -0.3 is 19.7 Å². The van der Waals surface area contributed by atoms with E-state index in [4.69, 9.17) is 19.7 Å². The molecule has 0 unspecified atom stereocenters. The highest BCUT2D eigenvalue weighted by Gasteiger charge is 2.16. The van der Waals surface area contributed by atoms with Crippen LogP contribution in [0.1, 0.15) is 20.8 Å². The summed E-state index contributed by atoms with van der Waals surface area (Å²) >= 11 is 0. The van der Waals surface area contributed by atoms with E-state index in [1.807, 2.05) is 20.8 Å². The Labute approximate surface area is 101 Å². The average molecular weight is 238 g/mol. The van der Waals surface area contributed by atoms with Crippen LogP contribution in [0.3, 0.4) is 0 Å². The van der Waals surface area contributed by atoms with Gasteiger partial charge in [0.15, 0.2) is 11.5 Å². The number of benzene rings is 1. The Balaban J connectivity index is 3.18. The number of hydrogen-bond acceptors (Lipinski definition) is 3. The smallest absolute Gasteiger partial charge is 0.277 e. The molecular weight excluding hydrogens is 220 g/mol. The lowest BCUT2D eigenvalue weighted by molar-refractivity contribution is -0.381. The van der Waals surface area contributed by atoms with E-state index >= 15 is 0 Å². The van der Waals surface area contributed by atoms with E-state index in [2.05, 4.69) is 5.11 Å². The molecule has 1 aromatic rings. The van der Waals surface area contributed by atoms with Crippen LogP contribution in [0, 0.1) is 0 Å². The van der Waals surface area contributed by atoms with Gasteiger partial charge in [0.25, 0.3) is 5.69 Å². The number of nitrogens with zero attached hydrogens (tertiary/aromatic N) is 1. The first-order valence-electron chi connectivity index (χ1n) is 5.73. The Morgan fingerprint density at radius 2 is 1.41 bits per heavy atom. The van der Waals surface area contributed by atoms with E-state index in [0.717, 1.165) is 0 Å². The first-order chi connectivity index (χ1) is 8.26. The van der Waals surface area contributed by atoms with Crippen molar-refractivity contribution in [3.05, 3.63) is 17.7 Å². The van der Waals surface area contributed by atoms with Gasteiger partial charge in [0.2, 0.25) is 0 Å². The maximum absolute atomic E-state index is 9.12. The standard InChI is InChI=1S/C12H18N2O3/c1-4-15-9-7-10(16-5-2)12(14-13)11(8-9)17-6-3/h7-8,14H,4-6H2,1-3H3. The molecule has 94 valence electrons. The fourth-order valence-electron chi connectivity index (χ4n) is 1.46. The van der Waals surface area contributed by atoms with Gasteiger partial charge in [-0.2, -0.15) is 0 Å². The molecule has 0 amide bonds. The van der Waals surface area contributed by atoms with Crippen LogP contribution in [-0.2, 0) is 0 Å². The van der Waals surface area contributed by atoms with Crippen molar-refractivity contribution in [1.29, 1.82) is 0 Å². The van der Waals surface area contributed by atoms with Crippen molar-refractivity contribution in [2.24, 2.45) is 0 Å². The molecule has 0 spiro atoms. The van der Waals surface area contributed by atoms with E-state index < -0.39 is 0 Å². The van der Waals surface area contributed by atoms with Crippen molar-refractivity contribution >= 4 is 5.69 Å². The highest BCUT2D eigenvalue weighted by molar-refractivity contribution is 5.60. The third-order valence-electron chi connectivity index (χ3n) is 2.06. The average Bonchev–Trinajstić information content (AvgIpc) is 2.30. The summed E-state index contributed by atoms with van der Waals surface area (Å²) < 4.78 is 16.2. The van der Waals surface area contributed by atoms with Crippen molar-refractivity contribution in [2.75, 3.05) is 19.8 Å². The van der Waals surface area contributed by atoms with Crippen LogP contribution in [0.4, 0.5) is 5.69 Å². The Kier molecular flexibility index (Phi) is 5.26. The Morgan fingerprint density at radius 1 is 0.941 bits per heavy atom. The van der Waals surface area contributed by atoms with Crippen molar-refractivity contribution in [1.82, 2.24) is 0 Å². The zero-order valence-electron chi connectivity index (χ0n) is 10.4. The Morgan fingerprint density at radius 3 is 1.76 bits per heavy atom. The van der Waals surface area contributed by atoms with Gasteiger partial charge in [0, 0.05) is 12.1 Å². The second-order valence-corrected chi connectivity index (χ2v) is 3.21. The van der Waals surface area contributed by atoms with Gasteiger partial charge in [-0.3, -0.25) is 5.11 Å². The van der Waals surface area contributed by atoms with Gasteiger partial charge in [-0.25, -0.2) is 0 Å². The predicted octanol–water partition coefficient (Wildman–Crippen LogP) is 1.62. The lowest BCUT2D eigenvalue weighted by Crippen LogP contribution is -2.54. The zero-order valence-corrected chi connectivity index (χ0v) is 10.4. The second kappa shape index (κ2) is 6.73. The SMILES string of the molecule is CCOc1cc(OCC)c([NH+]=[N-])c(OCC)c1. The van der Waals surface area contributed by atoms with E-state index in [-0.39, 0.29) is 0 Å². The van der Waals surface area contributed by atoms with E-state index in [9.17, 15) is 0 Å². The van der Waals surface area contributed by atoms with Gasteiger partial charge in [-0.1, -0.05) is 0 Å². The molecule has 5 nitrogen and oxygen atoms in total. The summed E-state index contributed by atoms with van der Waals surface area (Å²) in [6, 6.07) is 3.43. The molecule has 0 bridgehead atoms. The Hall–Kier alpha value is -1.78. The minimum atomic E-state index is 0.414. The summed E-state index contributed by atoms with van der Waals surface area (Å²) in [7, 11) is 0. The number of rotatable bonds is 7. The van der Waals surface area contributed by atoms with E-state index in [1.54, 1.807) is 12.1 Å². The van der Waals surface area contributed by atoms with E-state index in [1.165, 1.54) is 0 Å². The predicted molar refractivity (Wildman–Crippen MR) is 63.9 cm³/mol. The molecule has 5 heteroatoms. The molecular formula is C12H18N2O3. The third kappa shape index (κ3) is 3.34. The molecule has 0 aliphatic carbocycles. The van der Waals surface area contributed by atoms with Gasteiger partial charge >= 0.3 is 0 Å². The second-order valence-electron chi connectivity index (χ2n) is 3.21. The van der Waals surface area contributed by atoms with E-state index in [0.29, 0.717) is 42.8 Å². The monoisotopic (exact) mass is 238 g/mol.